The highest BCUT2D eigenvalue weighted by atomic mass is 16.5. The lowest BCUT2D eigenvalue weighted by Gasteiger charge is -2.30. The standard InChI is InChI=1S/C9H18N2O3/c1-3-13-7-5-6-10-11-8(7)9(12)14-4-2/h7-8,10-11H,3-6H2,1-2H3. The van der Waals surface area contributed by atoms with Crippen molar-refractivity contribution in [3.05, 3.63) is 0 Å². The van der Waals surface area contributed by atoms with Crippen LogP contribution in [0.5, 0.6) is 0 Å². The van der Waals surface area contributed by atoms with Crippen molar-refractivity contribution >= 4 is 5.97 Å². The van der Waals surface area contributed by atoms with Crippen LogP contribution in [-0.2, 0) is 14.3 Å². The van der Waals surface area contributed by atoms with Gasteiger partial charge in [-0.3, -0.25) is 10.2 Å². The smallest absolute Gasteiger partial charge is 0.327 e. The van der Waals surface area contributed by atoms with Gasteiger partial charge in [-0.25, -0.2) is 5.43 Å². The Labute approximate surface area is 84.1 Å². The van der Waals surface area contributed by atoms with Crippen molar-refractivity contribution in [2.24, 2.45) is 0 Å². The first-order chi connectivity index (χ1) is 6.79. The van der Waals surface area contributed by atoms with Gasteiger partial charge in [0.2, 0.25) is 0 Å². The number of hydrogen-bond acceptors (Lipinski definition) is 5. The van der Waals surface area contributed by atoms with Gasteiger partial charge in [-0.15, -0.1) is 0 Å². The number of rotatable bonds is 4. The summed E-state index contributed by atoms with van der Waals surface area (Å²) in [7, 11) is 0. The van der Waals surface area contributed by atoms with Gasteiger partial charge in [-0.1, -0.05) is 0 Å². The number of esters is 1. The predicted octanol–water partition coefficient (Wildman–Crippen LogP) is -0.179. The molecule has 0 amide bonds. The Morgan fingerprint density at radius 2 is 2.21 bits per heavy atom. The lowest BCUT2D eigenvalue weighted by Crippen LogP contribution is -2.58. The summed E-state index contributed by atoms with van der Waals surface area (Å²) in [6.07, 6.45) is 0.741. The lowest BCUT2D eigenvalue weighted by molar-refractivity contribution is -0.152. The molecule has 2 unspecified atom stereocenters. The maximum absolute atomic E-state index is 11.5. The van der Waals surface area contributed by atoms with Crippen molar-refractivity contribution in [2.75, 3.05) is 19.8 Å². The average molecular weight is 202 g/mol. The molecule has 2 N–H and O–H groups in total. The van der Waals surface area contributed by atoms with Crippen molar-refractivity contribution < 1.29 is 14.3 Å². The molecule has 5 nitrogen and oxygen atoms in total. The van der Waals surface area contributed by atoms with E-state index in [-0.39, 0.29) is 18.1 Å². The molecule has 1 fully saturated rings. The third-order valence-corrected chi connectivity index (χ3v) is 2.10. The van der Waals surface area contributed by atoms with Crippen molar-refractivity contribution in [1.82, 2.24) is 10.9 Å². The van der Waals surface area contributed by atoms with Crippen molar-refractivity contribution in [1.29, 1.82) is 0 Å². The number of ether oxygens (including phenoxy) is 2. The van der Waals surface area contributed by atoms with Crippen molar-refractivity contribution in [2.45, 2.75) is 32.4 Å². The molecule has 1 heterocycles. The Kier molecular flexibility index (Phi) is 4.86. The molecule has 82 valence electrons. The molecule has 0 aromatic carbocycles. The van der Waals surface area contributed by atoms with Crippen LogP contribution in [-0.4, -0.2) is 37.9 Å². The fourth-order valence-corrected chi connectivity index (χ4v) is 1.49. The fourth-order valence-electron chi connectivity index (χ4n) is 1.49. The molecule has 0 bridgehead atoms. The maximum atomic E-state index is 11.5. The highest BCUT2D eigenvalue weighted by molar-refractivity contribution is 5.76. The molecule has 0 spiro atoms. The highest BCUT2D eigenvalue weighted by Gasteiger charge is 2.32. The molecule has 0 radical (unpaired) electrons. The summed E-state index contributed by atoms with van der Waals surface area (Å²) >= 11 is 0. The first kappa shape index (κ1) is 11.4. The lowest BCUT2D eigenvalue weighted by atomic mass is 10.1. The molecule has 2 atom stereocenters. The Balaban J connectivity index is 2.48. The van der Waals surface area contributed by atoms with E-state index < -0.39 is 0 Å². The molecular formula is C9H18N2O3. The third kappa shape index (κ3) is 2.94. The molecule has 1 aliphatic rings. The van der Waals surface area contributed by atoms with Gasteiger partial charge in [-0.05, 0) is 20.3 Å². The van der Waals surface area contributed by atoms with Crippen LogP contribution in [0.15, 0.2) is 0 Å². The van der Waals surface area contributed by atoms with Crippen LogP contribution in [0.2, 0.25) is 0 Å². The van der Waals surface area contributed by atoms with Gasteiger partial charge in [0.1, 0.15) is 6.04 Å². The molecule has 1 saturated heterocycles. The van der Waals surface area contributed by atoms with Crippen LogP contribution in [0, 0.1) is 0 Å². The van der Waals surface area contributed by atoms with Gasteiger partial charge in [0, 0.05) is 13.2 Å². The van der Waals surface area contributed by atoms with Crippen LogP contribution in [0.4, 0.5) is 0 Å². The number of carbonyl (C=O) groups is 1. The Bertz CT molecular complexity index is 185. The van der Waals surface area contributed by atoms with Gasteiger partial charge in [0.25, 0.3) is 0 Å². The molecule has 0 aromatic heterocycles. The van der Waals surface area contributed by atoms with E-state index in [2.05, 4.69) is 10.9 Å². The summed E-state index contributed by atoms with van der Waals surface area (Å²) in [5.41, 5.74) is 5.82. The van der Waals surface area contributed by atoms with Crippen LogP contribution in [0.25, 0.3) is 0 Å². The zero-order valence-corrected chi connectivity index (χ0v) is 8.71. The Morgan fingerprint density at radius 3 is 2.86 bits per heavy atom. The Morgan fingerprint density at radius 1 is 1.43 bits per heavy atom. The van der Waals surface area contributed by atoms with E-state index in [1.165, 1.54) is 0 Å². The molecule has 14 heavy (non-hydrogen) atoms. The van der Waals surface area contributed by atoms with E-state index in [1.54, 1.807) is 6.92 Å². The quantitative estimate of drug-likeness (QED) is 0.619. The normalized spacial score (nSPS) is 27.3. The predicted molar refractivity (Wildman–Crippen MR) is 51.6 cm³/mol. The minimum atomic E-state index is -0.386. The average Bonchev–Trinajstić information content (AvgIpc) is 2.19. The second-order valence-corrected chi connectivity index (χ2v) is 3.08. The maximum Gasteiger partial charge on any atom is 0.327 e. The SMILES string of the molecule is CCOC(=O)C1NNCCC1OCC. The van der Waals surface area contributed by atoms with E-state index >= 15 is 0 Å². The summed E-state index contributed by atoms with van der Waals surface area (Å²) < 4.78 is 10.4. The molecule has 0 aliphatic carbocycles. The number of nitrogens with one attached hydrogen (secondary N) is 2. The molecule has 1 aliphatic heterocycles. The van der Waals surface area contributed by atoms with Gasteiger partial charge in [0.05, 0.1) is 12.7 Å². The molecule has 1 rings (SSSR count). The fraction of sp³-hybridized carbons (Fsp3) is 0.889. The monoisotopic (exact) mass is 202 g/mol. The second-order valence-electron chi connectivity index (χ2n) is 3.08. The van der Waals surface area contributed by atoms with Gasteiger partial charge >= 0.3 is 5.97 Å². The first-order valence-electron chi connectivity index (χ1n) is 5.06. The van der Waals surface area contributed by atoms with Crippen LogP contribution in [0.1, 0.15) is 20.3 Å². The summed E-state index contributed by atoms with van der Waals surface area (Å²) in [5, 5.41) is 0. The second kappa shape index (κ2) is 5.95. The van der Waals surface area contributed by atoms with Crippen molar-refractivity contribution in [3.8, 4) is 0 Å². The van der Waals surface area contributed by atoms with Gasteiger partial charge in [0.15, 0.2) is 0 Å². The van der Waals surface area contributed by atoms with Gasteiger partial charge < -0.3 is 9.47 Å². The van der Waals surface area contributed by atoms with Crippen molar-refractivity contribution in [3.63, 3.8) is 0 Å². The minimum Gasteiger partial charge on any atom is -0.465 e. The van der Waals surface area contributed by atoms with Crippen LogP contribution < -0.4 is 10.9 Å². The highest BCUT2D eigenvalue weighted by Crippen LogP contribution is 2.09. The van der Waals surface area contributed by atoms with E-state index in [4.69, 9.17) is 9.47 Å². The zero-order chi connectivity index (χ0) is 10.4. The van der Waals surface area contributed by atoms with Crippen LogP contribution in [0.3, 0.4) is 0 Å². The van der Waals surface area contributed by atoms with E-state index in [1.807, 2.05) is 6.92 Å². The molecule has 0 saturated carbocycles. The minimum absolute atomic E-state index is 0.0831. The largest absolute Gasteiger partial charge is 0.465 e. The van der Waals surface area contributed by atoms with E-state index in [9.17, 15) is 4.79 Å². The van der Waals surface area contributed by atoms with E-state index in [0.29, 0.717) is 13.2 Å². The zero-order valence-electron chi connectivity index (χ0n) is 8.71. The molecule has 0 aromatic rings. The summed E-state index contributed by atoms with van der Waals surface area (Å²) in [6.45, 7) is 5.53. The first-order valence-corrected chi connectivity index (χ1v) is 5.06. The number of carbonyl (C=O) groups excluding carboxylic acids is 1. The van der Waals surface area contributed by atoms with Gasteiger partial charge in [-0.2, -0.15) is 0 Å². The topological polar surface area (TPSA) is 59.6 Å². The number of hydrogen-bond donors (Lipinski definition) is 2. The summed E-state index contributed by atoms with van der Waals surface area (Å²) in [6, 6.07) is -0.386. The summed E-state index contributed by atoms with van der Waals surface area (Å²) in [4.78, 5) is 11.5. The Hall–Kier alpha value is -0.650. The number of hydrazine groups is 1. The summed E-state index contributed by atoms with van der Waals surface area (Å²) in [5.74, 6) is -0.252. The van der Waals surface area contributed by atoms with Crippen LogP contribution >= 0.6 is 0 Å². The third-order valence-electron chi connectivity index (χ3n) is 2.10. The molecule has 5 heteroatoms. The van der Waals surface area contributed by atoms with E-state index in [0.717, 1.165) is 13.0 Å². The molecular weight excluding hydrogens is 184 g/mol.